The lowest BCUT2D eigenvalue weighted by Crippen LogP contribution is -2.26. The first kappa shape index (κ1) is 14.0. The predicted octanol–water partition coefficient (Wildman–Crippen LogP) is 2.08. The van der Waals surface area contributed by atoms with Crippen LogP contribution in [0.25, 0.3) is 0 Å². The fourth-order valence-electron chi connectivity index (χ4n) is 2.10. The van der Waals surface area contributed by atoms with Gasteiger partial charge in [0, 0.05) is 6.54 Å². The molecule has 1 aromatic carbocycles. The van der Waals surface area contributed by atoms with Crippen molar-refractivity contribution in [2.75, 3.05) is 6.54 Å². The van der Waals surface area contributed by atoms with Crippen molar-refractivity contribution in [2.45, 2.75) is 31.6 Å². The second-order valence-electron chi connectivity index (χ2n) is 5.72. The van der Waals surface area contributed by atoms with Gasteiger partial charge in [0.1, 0.15) is 0 Å². The average Bonchev–Trinajstić information content (AvgIpc) is 2.96. The minimum absolute atomic E-state index is 0.257. The van der Waals surface area contributed by atoms with Gasteiger partial charge in [0.25, 0.3) is 0 Å². The molecule has 0 amide bonds. The van der Waals surface area contributed by atoms with Gasteiger partial charge in [0.05, 0.1) is 17.4 Å². The van der Waals surface area contributed by atoms with Crippen LogP contribution in [0.4, 0.5) is 0 Å². The molecule has 0 aliphatic heterocycles. The number of hydrogen-bond donors (Lipinski definition) is 1. The molecule has 2 rings (SSSR count). The fraction of sp³-hybridized carbons (Fsp3) is 0.500. The maximum absolute atomic E-state index is 12.1. The van der Waals surface area contributed by atoms with Gasteiger partial charge in [-0.1, -0.05) is 26.0 Å². The summed E-state index contributed by atoms with van der Waals surface area (Å²) in [6, 6.07) is 8.49. The highest BCUT2D eigenvalue weighted by Crippen LogP contribution is 2.51. The van der Waals surface area contributed by atoms with Crippen molar-refractivity contribution >= 4 is 10.0 Å². The van der Waals surface area contributed by atoms with Crippen LogP contribution < -0.4 is 4.72 Å². The van der Waals surface area contributed by atoms with Crippen LogP contribution in [0.1, 0.15) is 25.8 Å². The molecule has 1 aromatic rings. The zero-order valence-electron chi connectivity index (χ0n) is 11.2. The molecule has 0 spiro atoms. The first-order chi connectivity index (χ1) is 8.85. The lowest BCUT2D eigenvalue weighted by atomic mass is 10.1. The van der Waals surface area contributed by atoms with Gasteiger partial charge in [-0.2, -0.15) is 5.26 Å². The summed E-state index contributed by atoms with van der Waals surface area (Å²) in [5.74, 6) is 0.431. The van der Waals surface area contributed by atoms with E-state index in [1.807, 2.05) is 6.07 Å². The first-order valence-electron chi connectivity index (χ1n) is 6.31. The van der Waals surface area contributed by atoms with Crippen LogP contribution in [0.2, 0.25) is 0 Å². The summed E-state index contributed by atoms with van der Waals surface area (Å²) in [5, 5.41) is 8.57. The van der Waals surface area contributed by atoms with E-state index in [1.165, 1.54) is 0 Å². The molecule has 1 aliphatic rings. The van der Waals surface area contributed by atoms with Gasteiger partial charge in [-0.3, -0.25) is 0 Å². The van der Waals surface area contributed by atoms with Crippen LogP contribution in [0.5, 0.6) is 0 Å². The molecule has 0 heterocycles. The molecule has 0 radical (unpaired) electrons. The van der Waals surface area contributed by atoms with E-state index in [0.717, 1.165) is 12.0 Å². The maximum Gasteiger partial charge on any atom is 0.240 e. The minimum atomic E-state index is -3.43. The summed E-state index contributed by atoms with van der Waals surface area (Å²) < 4.78 is 26.8. The summed E-state index contributed by atoms with van der Waals surface area (Å²) in [7, 11) is -3.43. The fourth-order valence-corrected chi connectivity index (χ4v) is 3.18. The van der Waals surface area contributed by atoms with Crippen molar-refractivity contribution in [1.82, 2.24) is 4.72 Å². The highest BCUT2D eigenvalue weighted by Gasteiger charge is 2.45. The van der Waals surface area contributed by atoms with Crippen LogP contribution in [0.15, 0.2) is 29.2 Å². The van der Waals surface area contributed by atoms with E-state index in [9.17, 15) is 8.42 Å². The third-order valence-corrected chi connectivity index (χ3v) is 5.19. The standard InChI is InChI=1S/C14H18N2O2S/c1-14(2)9-12(14)10-16-19(17,18)13-5-3-11(4-6-13)7-8-15/h3-6,12,16H,7,9-10H2,1-2H3. The summed E-state index contributed by atoms with van der Waals surface area (Å²) in [4.78, 5) is 0.257. The SMILES string of the molecule is CC1(C)CC1CNS(=O)(=O)c1ccc(CC#N)cc1. The van der Waals surface area contributed by atoms with Crippen LogP contribution in [-0.2, 0) is 16.4 Å². The van der Waals surface area contributed by atoms with E-state index >= 15 is 0 Å². The topological polar surface area (TPSA) is 70.0 Å². The number of nitrogens with zero attached hydrogens (tertiary/aromatic N) is 1. The monoisotopic (exact) mass is 278 g/mol. The second kappa shape index (κ2) is 4.95. The van der Waals surface area contributed by atoms with Crippen molar-refractivity contribution in [3.63, 3.8) is 0 Å². The molecule has 1 aliphatic carbocycles. The van der Waals surface area contributed by atoms with Crippen LogP contribution in [0.3, 0.4) is 0 Å². The Kier molecular flexibility index (Phi) is 3.66. The van der Waals surface area contributed by atoms with Gasteiger partial charge in [-0.15, -0.1) is 0 Å². The summed E-state index contributed by atoms with van der Waals surface area (Å²) >= 11 is 0. The Labute approximate surface area is 114 Å². The molecule has 0 bridgehead atoms. The van der Waals surface area contributed by atoms with Crippen molar-refractivity contribution in [3.05, 3.63) is 29.8 Å². The van der Waals surface area contributed by atoms with Crippen LogP contribution in [0, 0.1) is 22.7 Å². The zero-order chi connectivity index (χ0) is 14.1. The number of hydrogen-bond acceptors (Lipinski definition) is 3. The van der Waals surface area contributed by atoms with E-state index in [0.29, 0.717) is 18.9 Å². The minimum Gasteiger partial charge on any atom is -0.211 e. The Morgan fingerprint density at radius 3 is 2.42 bits per heavy atom. The molecule has 1 atom stereocenters. The second-order valence-corrected chi connectivity index (χ2v) is 7.49. The zero-order valence-corrected chi connectivity index (χ0v) is 12.0. The Balaban J connectivity index is 2.01. The predicted molar refractivity (Wildman–Crippen MR) is 72.8 cm³/mol. The molecule has 19 heavy (non-hydrogen) atoms. The van der Waals surface area contributed by atoms with E-state index in [2.05, 4.69) is 18.6 Å². The molecule has 1 fully saturated rings. The largest absolute Gasteiger partial charge is 0.240 e. The Hall–Kier alpha value is -1.38. The van der Waals surface area contributed by atoms with E-state index < -0.39 is 10.0 Å². The van der Waals surface area contributed by atoms with Crippen molar-refractivity contribution in [2.24, 2.45) is 11.3 Å². The third kappa shape index (κ3) is 3.34. The highest BCUT2D eigenvalue weighted by atomic mass is 32.2. The average molecular weight is 278 g/mol. The van der Waals surface area contributed by atoms with Gasteiger partial charge in [0.2, 0.25) is 10.0 Å². The smallest absolute Gasteiger partial charge is 0.211 e. The van der Waals surface area contributed by atoms with Crippen molar-refractivity contribution in [3.8, 4) is 6.07 Å². The number of sulfonamides is 1. The number of nitriles is 1. The normalized spacial score (nSPS) is 20.8. The highest BCUT2D eigenvalue weighted by molar-refractivity contribution is 7.89. The van der Waals surface area contributed by atoms with Gasteiger partial charge in [0.15, 0.2) is 0 Å². The van der Waals surface area contributed by atoms with Gasteiger partial charge in [-0.05, 0) is 35.4 Å². The van der Waals surface area contributed by atoms with E-state index in [1.54, 1.807) is 24.3 Å². The van der Waals surface area contributed by atoms with Crippen LogP contribution >= 0.6 is 0 Å². The van der Waals surface area contributed by atoms with Gasteiger partial charge >= 0.3 is 0 Å². The summed E-state index contributed by atoms with van der Waals surface area (Å²) in [6.45, 7) is 4.78. The van der Waals surface area contributed by atoms with Crippen LogP contribution in [-0.4, -0.2) is 15.0 Å². The van der Waals surface area contributed by atoms with Gasteiger partial charge < -0.3 is 0 Å². The Bertz CT molecular complexity index is 597. The Morgan fingerprint density at radius 2 is 1.95 bits per heavy atom. The van der Waals surface area contributed by atoms with E-state index in [4.69, 9.17) is 5.26 Å². The molecular weight excluding hydrogens is 260 g/mol. The van der Waals surface area contributed by atoms with Gasteiger partial charge in [-0.25, -0.2) is 13.1 Å². The van der Waals surface area contributed by atoms with Crippen molar-refractivity contribution in [1.29, 1.82) is 5.26 Å². The van der Waals surface area contributed by atoms with E-state index in [-0.39, 0.29) is 10.3 Å². The number of nitrogens with one attached hydrogen (secondary N) is 1. The molecule has 5 heteroatoms. The Morgan fingerprint density at radius 1 is 1.37 bits per heavy atom. The molecule has 1 saturated carbocycles. The molecular formula is C14H18N2O2S. The number of benzene rings is 1. The molecule has 0 saturated heterocycles. The summed E-state index contributed by atoms with van der Waals surface area (Å²) in [6.07, 6.45) is 1.36. The third-order valence-electron chi connectivity index (χ3n) is 3.75. The maximum atomic E-state index is 12.1. The first-order valence-corrected chi connectivity index (χ1v) is 7.79. The lowest BCUT2D eigenvalue weighted by molar-refractivity contribution is 0.537. The quantitative estimate of drug-likeness (QED) is 0.896. The molecule has 102 valence electrons. The molecule has 4 nitrogen and oxygen atoms in total. The molecule has 0 aromatic heterocycles. The molecule has 1 unspecified atom stereocenters. The summed E-state index contributed by atoms with van der Waals surface area (Å²) in [5.41, 5.74) is 1.09. The number of rotatable bonds is 5. The lowest BCUT2D eigenvalue weighted by Gasteiger charge is -2.08. The van der Waals surface area contributed by atoms with Crippen molar-refractivity contribution < 1.29 is 8.42 Å². The molecule has 1 N–H and O–H groups in total.